The number of aliphatic hydroxyl groups is 3. The van der Waals surface area contributed by atoms with Crippen molar-refractivity contribution in [2.24, 2.45) is 41.2 Å². The zero-order chi connectivity index (χ0) is 53.8. The summed E-state index contributed by atoms with van der Waals surface area (Å²) in [5, 5.41) is 34.2. The molecule has 3 aliphatic heterocycles. The monoisotopic (exact) mass is 1030 g/mol. The number of hydrogen-bond acceptors (Lipinski definition) is 16. The number of carbonyl (C=O) groups excluding carboxylic acids is 5. The number of carbonyl (C=O) groups is 5. The van der Waals surface area contributed by atoms with Gasteiger partial charge in [0.05, 0.1) is 57.5 Å². The molecule has 0 spiro atoms. The number of fused-ring (bicyclic) bond motifs is 3. The fourth-order valence-corrected chi connectivity index (χ4v) is 10.7. The van der Waals surface area contributed by atoms with Gasteiger partial charge in [0.15, 0.2) is 5.78 Å². The molecule has 1 amide bonds. The number of cyclic esters (lactones) is 1. The Hall–Kier alpha value is -3.49. The van der Waals surface area contributed by atoms with Gasteiger partial charge < -0.3 is 59.1 Å². The van der Waals surface area contributed by atoms with Gasteiger partial charge in [0.2, 0.25) is 5.79 Å². The first-order valence-corrected chi connectivity index (χ1v) is 26.9. The Morgan fingerprint density at radius 2 is 1.55 bits per heavy atom. The molecule has 1 aliphatic carbocycles. The predicted octanol–water partition coefficient (Wildman–Crippen LogP) is 5.54. The van der Waals surface area contributed by atoms with Gasteiger partial charge in [-0.15, -0.1) is 0 Å². The Balaban J connectivity index is 1.69. The fraction of sp³-hybridized carbons (Fsp3) is 0.768. The maximum absolute atomic E-state index is 14.5. The van der Waals surface area contributed by atoms with E-state index in [1.165, 1.54) is 12.0 Å². The minimum atomic E-state index is -2.48. The molecule has 17 heteroatoms. The summed E-state index contributed by atoms with van der Waals surface area (Å²) in [6, 6.07) is -1.17. The van der Waals surface area contributed by atoms with Crippen LogP contribution < -0.4 is 5.73 Å². The molecule has 0 aromatic rings. The van der Waals surface area contributed by atoms with Crippen molar-refractivity contribution in [3.8, 4) is 0 Å². The van der Waals surface area contributed by atoms with Crippen LogP contribution in [0.4, 0.5) is 0 Å². The third-order valence-corrected chi connectivity index (χ3v) is 15.4. The number of ether oxygens (including phenoxy) is 7. The lowest BCUT2D eigenvalue weighted by Gasteiger charge is -2.43. The number of piperidine rings is 1. The molecule has 3 heterocycles. The molecule has 0 aromatic heterocycles. The summed E-state index contributed by atoms with van der Waals surface area (Å²) in [6.07, 6.45) is 10.6. The standard InChI is InChI=1S/C56H90N2O15/c1-35-15-11-10-12-16-36(2)47(71-28-27-70-26-25-69-24-22-57)33-43-20-18-41(7)56(66,73-43)53(63)54(64)58-23-14-13-17-44(58)55(65)72-48(38(4)31-42-19-21-45(59)49(32-42)67-8)34-46(60)37(3)30-40(6)51(62)52(68-9)50(61)39(5)29-35/h10-12,15-16,30,35,37-39,41-45,47-49,51-52,59,62,66H,13-14,17-29,31-34,57H2,1-9H3/b12-10+,15-11+,36-16+,40-30+/t35-,37-,38-,39-,41-,42+,43+,44+,45-,47?,48+,49-,51-,52+,56-/m1/s1. The second-order valence-electron chi connectivity index (χ2n) is 21.2. The number of nitrogens with zero attached hydrogens (tertiary/aromatic N) is 1. The Labute approximate surface area is 434 Å². The van der Waals surface area contributed by atoms with Gasteiger partial charge in [-0.2, -0.15) is 0 Å². The third kappa shape index (κ3) is 18.4. The van der Waals surface area contributed by atoms with Crippen LogP contribution >= 0.6 is 0 Å². The summed E-state index contributed by atoms with van der Waals surface area (Å²) in [6.45, 7) is 14.8. The van der Waals surface area contributed by atoms with Gasteiger partial charge in [-0.05, 0) is 107 Å². The second-order valence-corrected chi connectivity index (χ2v) is 21.2. The van der Waals surface area contributed by atoms with E-state index in [1.54, 1.807) is 34.0 Å². The number of esters is 1. The molecule has 73 heavy (non-hydrogen) atoms. The van der Waals surface area contributed by atoms with Gasteiger partial charge in [-0.25, -0.2) is 4.79 Å². The van der Waals surface area contributed by atoms with E-state index in [0.717, 1.165) is 5.57 Å². The van der Waals surface area contributed by atoms with E-state index in [4.69, 9.17) is 38.9 Å². The van der Waals surface area contributed by atoms with Crippen LogP contribution in [0, 0.1) is 35.5 Å². The molecule has 0 radical (unpaired) electrons. The van der Waals surface area contributed by atoms with Gasteiger partial charge in [0, 0.05) is 57.9 Å². The number of Topliss-reactive ketones (excluding diaryl/α,β-unsaturated/α-hetero) is 3. The summed E-state index contributed by atoms with van der Waals surface area (Å²) in [5.74, 6) is -8.25. The lowest BCUT2D eigenvalue weighted by Crippen LogP contribution is -2.61. The van der Waals surface area contributed by atoms with Crippen molar-refractivity contribution in [1.82, 2.24) is 4.90 Å². The topological polar surface area (TPSA) is 240 Å². The van der Waals surface area contributed by atoms with Crippen molar-refractivity contribution < 1.29 is 72.5 Å². The van der Waals surface area contributed by atoms with Crippen LogP contribution in [0.1, 0.15) is 126 Å². The molecular formula is C56H90N2O15. The van der Waals surface area contributed by atoms with Gasteiger partial charge >= 0.3 is 5.97 Å². The number of nitrogens with two attached hydrogens (primary N) is 1. The van der Waals surface area contributed by atoms with Crippen LogP contribution in [0.5, 0.6) is 0 Å². The molecule has 4 aliphatic rings. The van der Waals surface area contributed by atoms with Crippen LogP contribution in [0.2, 0.25) is 0 Å². The van der Waals surface area contributed by atoms with E-state index in [-0.39, 0.29) is 74.4 Å². The Kier molecular flexibility index (Phi) is 26.3. The van der Waals surface area contributed by atoms with Gasteiger partial charge in [0.1, 0.15) is 30.1 Å². The van der Waals surface area contributed by atoms with E-state index >= 15 is 0 Å². The second kappa shape index (κ2) is 30.9. The molecule has 1 unspecified atom stereocenters. The van der Waals surface area contributed by atoms with Crippen LogP contribution in [0.25, 0.3) is 0 Å². The van der Waals surface area contributed by atoms with Gasteiger partial charge in [-0.3, -0.25) is 19.2 Å². The fourth-order valence-electron chi connectivity index (χ4n) is 10.7. The first-order chi connectivity index (χ1) is 34.7. The predicted molar refractivity (Wildman–Crippen MR) is 275 cm³/mol. The van der Waals surface area contributed by atoms with E-state index in [2.05, 4.69) is 0 Å². The molecule has 1 saturated carbocycles. The molecular weight excluding hydrogens is 941 g/mol. The molecule has 2 saturated heterocycles. The highest BCUT2D eigenvalue weighted by Gasteiger charge is 2.53. The quantitative estimate of drug-likeness (QED) is 0.0723. The average molecular weight is 1030 g/mol. The highest BCUT2D eigenvalue weighted by atomic mass is 16.6. The minimum Gasteiger partial charge on any atom is -0.460 e. The normalized spacial score (nSPS) is 37.3. The lowest BCUT2D eigenvalue weighted by molar-refractivity contribution is -0.266. The molecule has 0 aromatic carbocycles. The summed E-state index contributed by atoms with van der Waals surface area (Å²) >= 11 is 0. The number of hydrogen-bond donors (Lipinski definition) is 4. The summed E-state index contributed by atoms with van der Waals surface area (Å²) in [4.78, 5) is 72.5. The van der Waals surface area contributed by atoms with Crippen molar-refractivity contribution >= 4 is 29.2 Å². The number of rotatable bonds is 14. The van der Waals surface area contributed by atoms with Gasteiger partial charge in [-0.1, -0.05) is 71.1 Å². The van der Waals surface area contributed by atoms with Crippen molar-refractivity contribution in [1.29, 1.82) is 0 Å². The van der Waals surface area contributed by atoms with Crippen molar-refractivity contribution in [3.63, 3.8) is 0 Å². The van der Waals surface area contributed by atoms with E-state index in [9.17, 15) is 39.3 Å². The van der Waals surface area contributed by atoms with E-state index in [0.29, 0.717) is 89.7 Å². The average Bonchev–Trinajstić information content (AvgIpc) is 3.37. The lowest BCUT2D eigenvalue weighted by atomic mass is 9.78. The number of allylic oxidation sites excluding steroid dienone is 6. The molecule has 4 rings (SSSR count). The molecule has 5 N–H and O–H groups in total. The SMILES string of the molecule is CO[C@@H]1C[C@H](C[C@@H](C)[C@@H]2CC(=O)[C@H](C)/C=C(\C)[C@@H](O)[C@@H](OC)C(=O)[C@H](C)C[C@H](C)/C=C/C=C/C=C(\C)C(OCCOCCOCCN)C[C@@H]3CC[C@@H](C)[C@@](O)(O3)C(=O)C(=O)N3CCCC[C@H]3C(=O)O2)CC[C@H]1O. The first-order valence-electron chi connectivity index (χ1n) is 26.9. The minimum absolute atomic E-state index is 0.0130. The maximum atomic E-state index is 14.5. The summed E-state index contributed by atoms with van der Waals surface area (Å²) in [5.41, 5.74) is 6.72. The van der Waals surface area contributed by atoms with Crippen LogP contribution in [0.15, 0.2) is 47.6 Å². The first kappa shape index (κ1) is 62.1. The zero-order valence-corrected chi connectivity index (χ0v) is 45.2. The molecule has 414 valence electrons. The third-order valence-electron chi connectivity index (χ3n) is 15.4. The zero-order valence-electron chi connectivity index (χ0n) is 45.2. The Morgan fingerprint density at radius 3 is 2.25 bits per heavy atom. The molecule has 15 atom stereocenters. The number of methoxy groups -OCH3 is 2. The van der Waals surface area contributed by atoms with Crippen LogP contribution in [-0.4, -0.2) is 164 Å². The Bertz CT molecular complexity index is 1900. The van der Waals surface area contributed by atoms with Crippen LogP contribution in [0.3, 0.4) is 0 Å². The van der Waals surface area contributed by atoms with Crippen molar-refractivity contribution in [3.05, 3.63) is 47.6 Å². The summed E-state index contributed by atoms with van der Waals surface area (Å²) in [7, 11) is 2.94. The molecule has 3 fully saturated rings. The molecule has 17 nitrogen and oxygen atoms in total. The summed E-state index contributed by atoms with van der Waals surface area (Å²) < 4.78 is 41.2. The highest BCUT2D eigenvalue weighted by molar-refractivity contribution is 6.39. The van der Waals surface area contributed by atoms with E-state index in [1.807, 2.05) is 58.1 Å². The van der Waals surface area contributed by atoms with Crippen molar-refractivity contribution in [2.75, 3.05) is 60.3 Å². The van der Waals surface area contributed by atoms with E-state index < -0.39 is 83.9 Å². The van der Waals surface area contributed by atoms with Crippen molar-refractivity contribution in [2.45, 2.75) is 180 Å². The van der Waals surface area contributed by atoms with Crippen LogP contribution in [-0.2, 0) is 57.1 Å². The Morgan fingerprint density at radius 1 is 0.836 bits per heavy atom. The number of amides is 1. The smallest absolute Gasteiger partial charge is 0.329 e. The molecule has 2 bridgehead atoms. The maximum Gasteiger partial charge on any atom is 0.329 e. The largest absolute Gasteiger partial charge is 0.460 e. The number of ketones is 3. The number of aliphatic hydroxyl groups excluding tert-OH is 2. The highest BCUT2D eigenvalue weighted by Crippen LogP contribution is 2.38. The van der Waals surface area contributed by atoms with Gasteiger partial charge in [0.25, 0.3) is 11.7 Å².